The Labute approximate surface area is 257 Å². The molecule has 0 saturated heterocycles. The summed E-state index contributed by atoms with van der Waals surface area (Å²) < 4.78 is 5.30. The molecule has 2 aromatic heterocycles. The average molecular weight is 584 g/mol. The van der Waals surface area contributed by atoms with Crippen molar-refractivity contribution in [3.8, 4) is 11.1 Å². The largest absolute Gasteiger partial charge is 0.310 e. The molecular formula is C40H25NS2. The number of rotatable bonds is 4. The Morgan fingerprint density at radius 1 is 0.326 bits per heavy atom. The topological polar surface area (TPSA) is 3.24 Å². The summed E-state index contributed by atoms with van der Waals surface area (Å²) in [5, 5.41) is 7.82. The highest BCUT2D eigenvalue weighted by atomic mass is 32.1. The molecule has 0 aliphatic rings. The molecule has 43 heavy (non-hydrogen) atoms. The molecule has 0 bridgehead atoms. The van der Waals surface area contributed by atoms with Crippen molar-refractivity contribution in [2.75, 3.05) is 4.90 Å². The Kier molecular flexibility index (Phi) is 5.62. The van der Waals surface area contributed by atoms with Crippen molar-refractivity contribution in [1.29, 1.82) is 0 Å². The molecule has 0 spiro atoms. The van der Waals surface area contributed by atoms with Gasteiger partial charge in [-0.1, -0.05) is 91.0 Å². The van der Waals surface area contributed by atoms with Crippen LogP contribution in [0.4, 0.5) is 17.1 Å². The second kappa shape index (κ2) is 9.81. The number of thiophene rings is 2. The summed E-state index contributed by atoms with van der Waals surface area (Å²) in [6.45, 7) is 0. The third-order valence-electron chi connectivity index (χ3n) is 8.43. The first-order valence-electron chi connectivity index (χ1n) is 14.5. The SMILES string of the molecule is c1ccc(-c2ccc(N(c3ccc4cc5sc6ccccc6c5cc4c3)c3ccc4c(c3)sc3ccccc34)cc2)cc1. The summed E-state index contributed by atoms with van der Waals surface area (Å²) in [5.41, 5.74) is 5.90. The van der Waals surface area contributed by atoms with Gasteiger partial charge in [-0.15, -0.1) is 22.7 Å². The quantitative estimate of drug-likeness (QED) is 0.199. The molecular weight excluding hydrogens is 559 g/mol. The number of fused-ring (bicyclic) bond motifs is 7. The molecule has 0 saturated carbocycles. The zero-order valence-electron chi connectivity index (χ0n) is 23.2. The van der Waals surface area contributed by atoms with Crippen molar-refractivity contribution in [1.82, 2.24) is 0 Å². The van der Waals surface area contributed by atoms with Crippen LogP contribution < -0.4 is 4.90 Å². The fraction of sp³-hybridized carbons (Fsp3) is 0. The van der Waals surface area contributed by atoms with Crippen LogP contribution in [-0.2, 0) is 0 Å². The van der Waals surface area contributed by atoms with E-state index in [0.717, 1.165) is 17.1 Å². The summed E-state index contributed by atoms with van der Waals surface area (Å²) >= 11 is 3.74. The number of hydrogen-bond donors (Lipinski definition) is 0. The maximum absolute atomic E-state index is 2.40. The summed E-state index contributed by atoms with van der Waals surface area (Å²) in [4.78, 5) is 2.40. The van der Waals surface area contributed by atoms with Gasteiger partial charge in [-0.2, -0.15) is 0 Å². The summed E-state index contributed by atoms with van der Waals surface area (Å²) in [6.07, 6.45) is 0. The minimum Gasteiger partial charge on any atom is -0.310 e. The summed E-state index contributed by atoms with van der Waals surface area (Å²) in [7, 11) is 0. The number of hydrogen-bond acceptors (Lipinski definition) is 3. The van der Waals surface area contributed by atoms with Crippen LogP contribution in [0.3, 0.4) is 0 Å². The molecule has 3 heteroatoms. The summed E-state index contributed by atoms with van der Waals surface area (Å²) in [5.74, 6) is 0. The van der Waals surface area contributed by atoms with Crippen molar-refractivity contribution in [2.24, 2.45) is 0 Å². The lowest BCUT2D eigenvalue weighted by Gasteiger charge is -2.26. The van der Waals surface area contributed by atoms with E-state index in [0.29, 0.717) is 0 Å². The highest BCUT2D eigenvalue weighted by Crippen LogP contribution is 2.43. The third kappa shape index (κ3) is 4.12. The predicted molar refractivity (Wildman–Crippen MR) is 190 cm³/mol. The van der Waals surface area contributed by atoms with Gasteiger partial charge in [-0.05, 0) is 82.6 Å². The minimum atomic E-state index is 1.14. The molecule has 0 amide bonds. The van der Waals surface area contributed by atoms with Crippen molar-refractivity contribution in [2.45, 2.75) is 0 Å². The van der Waals surface area contributed by atoms with Crippen LogP contribution >= 0.6 is 22.7 Å². The fourth-order valence-electron chi connectivity index (χ4n) is 6.33. The first kappa shape index (κ1) is 24.6. The highest BCUT2D eigenvalue weighted by Gasteiger charge is 2.16. The van der Waals surface area contributed by atoms with Crippen LogP contribution in [0.15, 0.2) is 152 Å². The van der Waals surface area contributed by atoms with E-state index in [1.807, 2.05) is 22.7 Å². The van der Waals surface area contributed by atoms with Crippen LogP contribution in [-0.4, -0.2) is 0 Å². The van der Waals surface area contributed by atoms with Crippen molar-refractivity contribution < 1.29 is 0 Å². The smallest absolute Gasteiger partial charge is 0.0476 e. The van der Waals surface area contributed by atoms with Crippen molar-refractivity contribution in [3.63, 3.8) is 0 Å². The van der Waals surface area contributed by atoms with Crippen LogP contribution in [0.5, 0.6) is 0 Å². The van der Waals surface area contributed by atoms with E-state index in [4.69, 9.17) is 0 Å². The van der Waals surface area contributed by atoms with E-state index in [9.17, 15) is 0 Å². The van der Waals surface area contributed by atoms with Gasteiger partial charge in [0.25, 0.3) is 0 Å². The van der Waals surface area contributed by atoms with Gasteiger partial charge in [-0.25, -0.2) is 0 Å². The maximum Gasteiger partial charge on any atom is 0.0476 e. The zero-order valence-corrected chi connectivity index (χ0v) is 24.8. The Bertz CT molecular complexity index is 2450. The van der Waals surface area contributed by atoms with Crippen LogP contribution in [0.25, 0.3) is 62.2 Å². The van der Waals surface area contributed by atoms with Gasteiger partial charge in [0.05, 0.1) is 0 Å². The van der Waals surface area contributed by atoms with Crippen LogP contribution in [0.1, 0.15) is 0 Å². The standard InChI is InChI=1S/C40H25NS2/c1-2-8-26(9-3-1)27-14-17-30(18-15-27)41(32-20-21-35-33-10-4-6-12-37(33)43-40(35)25-32)31-19-16-28-24-39-36(23-29(28)22-31)34-11-5-7-13-38(34)42-39/h1-25H. The first-order chi connectivity index (χ1) is 21.3. The number of nitrogens with zero attached hydrogens (tertiary/aromatic N) is 1. The molecule has 9 rings (SSSR count). The molecule has 0 unspecified atom stereocenters. The monoisotopic (exact) mass is 583 g/mol. The van der Waals surface area contributed by atoms with Crippen molar-refractivity contribution in [3.05, 3.63) is 152 Å². The van der Waals surface area contributed by atoms with Gasteiger partial charge >= 0.3 is 0 Å². The van der Waals surface area contributed by atoms with E-state index in [2.05, 4.69) is 157 Å². The maximum atomic E-state index is 2.40. The fourth-order valence-corrected chi connectivity index (χ4v) is 8.60. The molecule has 0 radical (unpaired) electrons. The Morgan fingerprint density at radius 3 is 1.65 bits per heavy atom. The molecule has 202 valence electrons. The van der Waals surface area contributed by atoms with E-state index in [1.165, 1.54) is 62.2 Å². The van der Waals surface area contributed by atoms with Gasteiger partial charge in [0.2, 0.25) is 0 Å². The Balaban J connectivity index is 1.23. The van der Waals surface area contributed by atoms with Crippen LogP contribution in [0.2, 0.25) is 0 Å². The molecule has 0 atom stereocenters. The van der Waals surface area contributed by atoms with E-state index >= 15 is 0 Å². The molecule has 0 aliphatic carbocycles. The van der Waals surface area contributed by atoms with E-state index < -0.39 is 0 Å². The van der Waals surface area contributed by atoms with Crippen LogP contribution in [0, 0.1) is 0 Å². The normalized spacial score (nSPS) is 11.7. The van der Waals surface area contributed by atoms with Crippen molar-refractivity contribution >= 4 is 90.9 Å². The van der Waals surface area contributed by atoms with Gasteiger partial charge in [0, 0.05) is 57.4 Å². The first-order valence-corrected chi connectivity index (χ1v) is 16.1. The zero-order chi connectivity index (χ0) is 28.3. The lowest BCUT2D eigenvalue weighted by molar-refractivity contribution is 1.30. The lowest BCUT2D eigenvalue weighted by Crippen LogP contribution is -2.09. The third-order valence-corrected chi connectivity index (χ3v) is 10.7. The average Bonchev–Trinajstić information content (AvgIpc) is 3.62. The van der Waals surface area contributed by atoms with E-state index in [1.54, 1.807) is 0 Å². The van der Waals surface area contributed by atoms with Gasteiger partial charge < -0.3 is 4.90 Å². The van der Waals surface area contributed by atoms with Gasteiger partial charge in [0.1, 0.15) is 0 Å². The molecule has 7 aromatic carbocycles. The number of anilines is 3. The highest BCUT2D eigenvalue weighted by molar-refractivity contribution is 7.26. The summed E-state index contributed by atoms with van der Waals surface area (Å²) in [6, 6.07) is 55.5. The molecule has 1 nitrogen and oxygen atoms in total. The van der Waals surface area contributed by atoms with Gasteiger partial charge in [-0.3, -0.25) is 0 Å². The molecule has 2 heterocycles. The minimum absolute atomic E-state index is 1.14. The second-order valence-corrected chi connectivity index (χ2v) is 13.2. The predicted octanol–water partition coefficient (Wildman–Crippen LogP) is 12.7. The lowest BCUT2D eigenvalue weighted by atomic mass is 10.0. The molecule has 9 aromatic rings. The number of benzene rings is 7. The Morgan fingerprint density at radius 2 is 0.884 bits per heavy atom. The van der Waals surface area contributed by atoms with Gasteiger partial charge in [0.15, 0.2) is 0 Å². The van der Waals surface area contributed by atoms with E-state index in [-0.39, 0.29) is 0 Å². The molecule has 0 fully saturated rings. The molecule has 0 aliphatic heterocycles. The molecule has 0 N–H and O–H groups in total. The second-order valence-electron chi connectivity index (χ2n) is 11.0. The Hall–Kier alpha value is -4.96.